The highest BCUT2D eigenvalue weighted by Gasteiger charge is 2.67. The normalized spacial score (nSPS) is 46.0. The monoisotopic (exact) mass is 372 g/mol. The summed E-state index contributed by atoms with van der Waals surface area (Å²) >= 11 is 0. The highest BCUT2D eigenvalue weighted by molar-refractivity contribution is 5.91. The molecule has 0 spiro atoms. The summed E-state index contributed by atoms with van der Waals surface area (Å²) in [5, 5.41) is 0. The van der Waals surface area contributed by atoms with Gasteiger partial charge in [-0.2, -0.15) is 0 Å². The number of fused-ring (bicyclic) bond motifs is 5. The van der Waals surface area contributed by atoms with E-state index in [0.717, 1.165) is 38.5 Å². The van der Waals surface area contributed by atoms with Crippen molar-refractivity contribution >= 4 is 17.5 Å². The van der Waals surface area contributed by atoms with Crippen molar-refractivity contribution in [3.8, 4) is 0 Å². The van der Waals surface area contributed by atoms with Crippen LogP contribution in [0.25, 0.3) is 0 Å². The third kappa shape index (κ3) is 2.44. The van der Waals surface area contributed by atoms with Crippen LogP contribution in [0.5, 0.6) is 0 Å². The minimum absolute atomic E-state index is 0.00650. The van der Waals surface area contributed by atoms with E-state index in [0.29, 0.717) is 30.6 Å². The molecule has 3 saturated carbocycles. The number of carbonyl (C=O) groups is 3. The first kappa shape index (κ1) is 18.9. The van der Waals surface area contributed by atoms with E-state index in [-0.39, 0.29) is 28.4 Å². The topological polar surface area (TPSA) is 60.4 Å². The number of ether oxygens (including phenoxy) is 1. The van der Waals surface area contributed by atoms with Gasteiger partial charge in [0.2, 0.25) is 0 Å². The zero-order chi connectivity index (χ0) is 19.6. The van der Waals surface area contributed by atoms with Crippen LogP contribution in [0.4, 0.5) is 0 Å². The van der Waals surface area contributed by atoms with Crippen molar-refractivity contribution in [1.82, 2.24) is 0 Å². The number of hydrogen-bond acceptors (Lipinski definition) is 4. The fraction of sp³-hybridized carbons (Fsp3) is 0.783. The van der Waals surface area contributed by atoms with Crippen LogP contribution in [-0.2, 0) is 19.1 Å². The van der Waals surface area contributed by atoms with Crippen molar-refractivity contribution in [3.63, 3.8) is 0 Å². The average molecular weight is 373 g/mol. The van der Waals surface area contributed by atoms with Crippen molar-refractivity contribution in [2.45, 2.75) is 84.7 Å². The lowest BCUT2D eigenvalue weighted by molar-refractivity contribution is -0.187. The molecular weight excluding hydrogens is 340 g/mol. The Kier molecular flexibility index (Phi) is 4.21. The molecule has 4 rings (SSSR count). The second-order valence-electron chi connectivity index (χ2n) is 9.94. The SMILES string of the molecule is CC(=O)O[C@]1(C(C)=O)CC[C@H]2[C@@H]3CCC4=CC(=O)CC[C@@]4(C)[C@@H]3CC[C@@]21C. The summed E-state index contributed by atoms with van der Waals surface area (Å²) in [4.78, 5) is 36.5. The number of allylic oxidation sites excluding steroid dienone is 1. The summed E-state index contributed by atoms with van der Waals surface area (Å²) in [7, 11) is 0. The van der Waals surface area contributed by atoms with Gasteiger partial charge in [-0.1, -0.05) is 19.4 Å². The van der Waals surface area contributed by atoms with Crippen molar-refractivity contribution in [2.75, 3.05) is 0 Å². The molecule has 4 nitrogen and oxygen atoms in total. The van der Waals surface area contributed by atoms with Crippen LogP contribution in [0, 0.1) is 28.6 Å². The van der Waals surface area contributed by atoms with E-state index in [1.165, 1.54) is 12.5 Å². The Bertz CT molecular complexity index is 737. The van der Waals surface area contributed by atoms with E-state index in [4.69, 9.17) is 4.74 Å². The molecule has 4 aliphatic rings. The maximum atomic E-state index is 12.7. The van der Waals surface area contributed by atoms with Gasteiger partial charge in [0.1, 0.15) is 0 Å². The predicted octanol–water partition coefficient (Wildman–Crippen LogP) is 4.41. The molecule has 148 valence electrons. The Morgan fingerprint density at radius 1 is 1.00 bits per heavy atom. The molecule has 0 radical (unpaired) electrons. The van der Waals surface area contributed by atoms with Gasteiger partial charge in [0.05, 0.1) is 0 Å². The predicted molar refractivity (Wildman–Crippen MR) is 102 cm³/mol. The highest BCUT2D eigenvalue weighted by atomic mass is 16.6. The Morgan fingerprint density at radius 2 is 1.70 bits per heavy atom. The van der Waals surface area contributed by atoms with Gasteiger partial charge in [-0.25, -0.2) is 0 Å². The fourth-order valence-corrected chi connectivity index (χ4v) is 7.62. The van der Waals surface area contributed by atoms with Crippen molar-refractivity contribution in [1.29, 1.82) is 0 Å². The summed E-state index contributed by atoms with van der Waals surface area (Å²) in [5.41, 5.74) is 0.266. The summed E-state index contributed by atoms with van der Waals surface area (Å²) in [6.45, 7) is 7.58. The molecule has 0 N–H and O–H groups in total. The molecule has 0 aromatic rings. The van der Waals surface area contributed by atoms with Crippen LogP contribution in [0.15, 0.2) is 11.6 Å². The molecule has 0 heterocycles. The van der Waals surface area contributed by atoms with Gasteiger partial charge in [0.15, 0.2) is 17.2 Å². The van der Waals surface area contributed by atoms with Crippen LogP contribution in [0.2, 0.25) is 0 Å². The van der Waals surface area contributed by atoms with E-state index in [1.807, 2.05) is 6.08 Å². The number of hydrogen-bond donors (Lipinski definition) is 0. The van der Waals surface area contributed by atoms with Crippen LogP contribution < -0.4 is 0 Å². The molecular formula is C23H32O4. The lowest BCUT2D eigenvalue weighted by atomic mass is 9.46. The number of carbonyl (C=O) groups excluding carboxylic acids is 3. The molecule has 0 saturated heterocycles. The quantitative estimate of drug-likeness (QED) is 0.674. The molecule has 0 bridgehead atoms. The van der Waals surface area contributed by atoms with Crippen LogP contribution in [0.1, 0.15) is 79.1 Å². The van der Waals surface area contributed by atoms with Crippen molar-refractivity contribution in [3.05, 3.63) is 11.6 Å². The maximum Gasteiger partial charge on any atom is 0.303 e. The number of esters is 1. The Balaban J connectivity index is 1.70. The highest BCUT2D eigenvalue weighted by Crippen LogP contribution is 2.68. The molecule has 4 aliphatic carbocycles. The molecule has 27 heavy (non-hydrogen) atoms. The minimum Gasteiger partial charge on any atom is -0.451 e. The second kappa shape index (κ2) is 6.02. The molecule has 0 aliphatic heterocycles. The average Bonchev–Trinajstić information content (AvgIpc) is 2.89. The molecule has 3 fully saturated rings. The number of rotatable bonds is 2. The summed E-state index contributed by atoms with van der Waals surface area (Å²) < 4.78 is 5.81. The molecule has 4 heteroatoms. The number of Topliss-reactive ketones (excluding diaryl/α,β-unsaturated/α-hetero) is 1. The first-order chi connectivity index (χ1) is 12.6. The maximum absolute atomic E-state index is 12.7. The zero-order valence-electron chi connectivity index (χ0n) is 17.1. The molecule has 0 aromatic carbocycles. The van der Waals surface area contributed by atoms with Gasteiger partial charge in [-0.3, -0.25) is 14.4 Å². The lowest BCUT2D eigenvalue weighted by Crippen LogP contribution is -2.58. The van der Waals surface area contributed by atoms with Gasteiger partial charge in [-0.05, 0) is 81.1 Å². The molecule has 0 amide bonds. The van der Waals surface area contributed by atoms with Crippen LogP contribution in [0.3, 0.4) is 0 Å². The van der Waals surface area contributed by atoms with E-state index < -0.39 is 5.60 Å². The summed E-state index contributed by atoms with van der Waals surface area (Å²) in [5.74, 6) is 1.48. The van der Waals surface area contributed by atoms with E-state index in [1.54, 1.807) is 6.92 Å². The molecule has 0 aromatic heterocycles. The third-order valence-corrected chi connectivity index (χ3v) is 8.97. The van der Waals surface area contributed by atoms with E-state index in [9.17, 15) is 14.4 Å². The third-order valence-electron chi connectivity index (χ3n) is 8.97. The van der Waals surface area contributed by atoms with E-state index in [2.05, 4.69) is 13.8 Å². The standard InChI is InChI=1S/C23H32O4/c1-14(24)23(27-15(2)25)12-9-20-18-6-5-16-13-17(26)7-10-21(16,3)19(18)8-11-22(20,23)4/h13,18-20H,5-12H2,1-4H3/t18-,19-,20+,21-,22+,23+/m1/s1. The molecule has 0 unspecified atom stereocenters. The smallest absolute Gasteiger partial charge is 0.303 e. The van der Waals surface area contributed by atoms with Gasteiger partial charge >= 0.3 is 5.97 Å². The van der Waals surface area contributed by atoms with Crippen molar-refractivity contribution in [2.24, 2.45) is 28.6 Å². The van der Waals surface area contributed by atoms with Gasteiger partial charge in [-0.15, -0.1) is 0 Å². The van der Waals surface area contributed by atoms with Crippen LogP contribution >= 0.6 is 0 Å². The Morgan fingerprint density at radius 3 is 2.37 bits per heavy atom. The largest absolute Gasteiger partial charge is 0.451 e. The summed E-state index contributed by atoms with van der Waals surface area (Å²) in [6, 6.07) is 0. The second-order valence-corrected chi connectivity index (χ2v) is 9.94. The minimum atomic E-state index is -0.950. The first-order valence-electron chi connectivity index (χ1n) is 10.6. The van der Waals surface area contributed by atoms with Gasteiger partial charge in [0.25, 0.3) is 0 Å². The Labute approximate surface area is 162 Å². The fourth-order valence-electron chi connectivity index (χ4n) is 7.62. The van der Waals surface area contributed by atoms with Crippen LogP contribution in [-0.4, -0.2) is 23.1 Å². The first-order valence-corrected chi connectivity index (χ1v) is 10.6. The van der Waals surface area contributed by atoms with E-state index >= 15 is 0 Å². The zero-order valence-corrected chi connectivity index (χ0v) is 17.1. The number of ketones is 2. The van der Waals surface area contributed by atoms with Gasteiger partial charge in [0, 0.05) is 18.8 Å². The Hall–Kier alpha value is -1.45. The lowest BCUT2D eigenvalue weighted by Gasteiger charge is -2.59. The van der Waals surface area contributed by atoms with Crippen molar-refractivity contribution < 1.29 is 19.1 Å². The van der Waals surface area contributed by atoms with Gasteiger partial charge < -0.3 is 4.74 Å². The molecule has 6 atom stereocenters. The summed E-state index contributed by atoms with van der Waals surface area (Å²) in [6.07, 6.45) is 9.23.